The number of aromatic nitrogens is 1. The fourth-order valence-corrected chi connectivity index (χ4v) is 4.79. The molecule has 2 N–H and O–H groups in total. The average molecular weight is 484 g/mol. The first-order valence-corrected chi connectivity index (χ1v) is 11.8. The standard InChI is InChI=1S/C17H14BrN3O3S3/c18-12-1-5-14(6-2-12)26-11-16(22)20-13-3-7-15(8-4-13)27(23,24)21-17-19-9-10-25-17/h1-10H,11H2,(H,19,21)(H,20,22). The molecule has 0 saturated heterocycles. The Kier molecular flexibility index (Phi) is 6.53. The normalized spacial score (nSPS) is 11.1. The summed E-state index contributed by atoms with van der Waals surface area (Å²) in [6.45, 7) is 0. The molecule has 0 aliphatic rings. The number of hydrogen-bond donors (Lipinski definition) is 2. The lowest BCUT2D eigenvalue weighted by Crippen LogP contribution is -2.15. The second kappa shape index (κ2) is 8.87. The van der Waals surface area contributed by atoms with Gasteiger partial charge in [-0.2, -0.15) is 0 Å². The first-order chi connectivity index (χ1) is 12.9. The van der Waals surface area contributed by atoms with Crippen LogP contribution in [0.2, 0.25) is 0 Å². The van der Waals surface area contributed by atoms with Crippen molar-refractivity contribution in [1.29, 1.82) is 0 Å². The van der Waals surface area contributed by atoms with Crippen molar-refractivity contribution in [3.05, 3.63) is 64.6 Å². The highest BCUT2D eigenvalue weighted by atomic mass is 79.9. The highest BCUT2D eigenvalue weighted by molar-refractivity contribution is 9.10. The number of nitrogens with one attached hydrogen (secondary N) is 2. The quantitative estimate of drug-likeness (QED) is 0.485. The van der Waals surface area contributed by atoms with E-state index in [2.05, 4.69) is 31.0 Å². The first-order valence-electron chi connectivity index (χ1n) is 7.63. The number of sulfonamides is 1. The van der Waals surface area contributed by atoms with E-state index in [1.807, 2.05) is 24.3 Å². The van der Waals surface area contributed by atoms with Gasteiger partial charge in [0.05, 0.1) is 10.6 Å². The molecule has 140 valence electrons. The highest BCUT2D eigenvalue weighted by Gasteiger charge is 2.15. The van der Waals surface area contributed by atoms with Crippen molar-refractivity contribution in [2.75, 3.05) is 15.8 Å². The minimum absolute atomic E-state index is 0.0972. The van der Waals surface area contributed by atoms with Crippen LogP contribution in [0.4, 0.5) is 10.8 Å². The van der Waals surface area contributed by atoms with Crippen LogP contribution in [0.3, 0.4) is 0 Å². The van der Waals surface area contributed by atoms with Crippen LogP contribution in [0, 0.1) is 0 Å². The first kappa shape index (κ1) is 19.9. The van der Waals surface area contributed by atoms with Gasteiger partial charge in [-0.3, -0.25) is 9.52 Å². The number of anilines is 2. The van der Waals surface area contributed by atoms with Crippen molar-refractivity contribution in [2.45, 2.75) is 9.79 Å². The van der Waals surface area contributed by atoms with Gasteiger partial charge in [-0.1, -0.05) is 15.9 Å². The average Bonchev–Trinajstić information content (AvgIpc) is 3.14. The van der Waals surface area contributed by atoms with Crippen molar-refractivity contribution >= 4 is 65.8 Å². The fourth-order valence-electron chi connectivity index (χ4n) is 2.04. The Bertz CT molecular complexity index is 1010. The van der Waals surface area contributed by atoms with Gasteiger partial charge < -0.3 is 5.32 Å². The predicted octanol–water partition coefficient (Wildman–Crippen LogP) is 4.44. The zero-order chi connectivity index (χ0) is 19.3. The maximum absolute atomic E-state index is 12.3. The third-order valence-electron chi connectivity index (χ3n) is 3.29. The van der Waals surface area contributed by atoms with Crippen LogP contribution in [0.5, 0.6) is 0 Å². The summed E-state index contributed by atoms with van der Waals surface area (Å²) in [6, 6.07) is 13.7. The van der Waals surface area contributed by atoms with Crippen molar-refractivity contribution in [3.8, 4) is 0 Å². The topological polar surface area (TPSA) is 88.2 Å². The van der Waals surface area contributed by atoms with E-state index in [0.29, 0.717) is 10.8 Å². The highest BCUT2D eigenvalue weighted by Crippen LogP contribution is 2.22. The smallest absolute Gasteiger partial charge is 0.263 e. The van der Waals surface area contributed by atoms with Gasteiger partial charge in [0.1, 0.15) is 0 Å². The summed E-state index contributed by atoms with van der Waals surface area (Å²) in [6.07, 6.45) is 1.52. The zero-order valence-corrected chi connectivity index (χ0v) is 17.8. The molecule has 10 heteroatoms. The van der Waals surface area contributed by atoms with E-state index in [0.717, 1.165) is 9.37 Å². The molecule has 0 bridgehead atoms. The molecule has 1 heterocycles. The number of halogens is 1. The Balaban J connectivity index is 1.56. The van der Waals surface area contributed by atoms with Gasteiger partial charge in [-0.15, -0.1) is 23.1 Å². The second-order valence-corrected chi connectivity index (χ2v) is 9.80. The molecule has 6 nitrogen and oxygen atoms in total. The van der Waals surface area contributed by atoms with E-state index in [-0.39, 0.29) is 16.6 Å². The van der Waals surface area contributed by atoms with E-state index in [4.69, 9.17) is 0 Å². The van der Waals surface area contributed by atoms with Gasteiger partial charge in [-0.05, 0) is 48.5 Å². The largest absolute Gasteiger partial charge is 0.325 e. The maximum atomic E-state index is 12.3. The number of thiazole rings is 1. The lowest BCUT2D eigenvalue weighted by Gasteiger charge is -2.08. The molecule has 0 aliphatic carbocycles. The molecule has 2 aromatic carbocycles. The van der Waals surface area contributed by atoms with E-state index in [9.17, 15) is 13.2 Å². The SMILES string of the molecule is O=C(CSc1ccc(Br)cc1)Nc1ccc(S(=O)(=O)Nc2nccs2)cc1. The minimum atomic E-state index is -3.70. The molecular weight excluding hydrogens is 470 g/mol. The molecule has 27 heavy (non-hydrogen) atoms. The number of carbonyl (C=O) groups is 1. The maximum Gasteiger partial charge on any atom is 0.263 e. The fraction of sp³-hybridized carbons (Fsp3) is 0.0588. The van der Waals surface area contributed by atoms with Crippen molar-refractivity contribution < 1.29 is 13.2 Å². The molecule has 0 aliphatic heterocycles. The summed E-state index contributed by atoms with van der Waals surface area (Å²) in [7, 11) is -3.70. The van der Waals surface area contributed by atoms with Crippen LogP contribution in [0.25, 0.3) is 0 Å². The molecule has 3 aromatic rings. The lowest BCUT2D eigenvalue weighted by atomic mass is 10.3. The number of benzene rings is 2. The van der Waals surface area contributed by atoms with Crippen LogP contribution in [0.15, 0.2) is 74.4 Å². The summed E-state index contributed by atoms with van der Waals surface area (Å²) in [4.78, 5) is 17.1. The summed E-state index contributed by atoms with van der Waals surface area (Å²) in [5, 5.41) is 4.74. The Hall–Kier alpha value is -1.88. The number of nitrogens with zero attached hydrogens (tertiary/aromatic N) is 1. The Labute approximate surface area is 173 Å². The third-order valence-corrected chi connectivity index (χ3v) is 7.00. The van der Waals surface area contributed by atoms with E-state index in [1.165, 1.54) is 41.4 Å². The van der Waals surface area contributed by atoms with Gasteiger partial charge in [0.15, 0.2) is 5.13 Å². The number of carbonyl (C=O) groups excluding carboxylic acids is 1. The van der Waals surface area contributed by atoms with Crippen LogP contribution < -0.4 is 10.0 Å². The molecule has 0 spiro atoms. The molecule has 0 atom stereocenters. The van der Waals surface area contributed by atoms with Gasteiger partial charge in [0.25, 0.3) is 10.0 Å². The minimum Gasteiger partial charge on any atom is -0.325 e. The van der Waals surface area contributed by atoms with Gasteiger partial charge in [-0.25, -0.2) is 13.4 Å². The third kappa shape index (κ3) is 5.80. The van der Waals surface area contributed by atoms with Crippen molar-refractivity contribution in [3.63, 3.8) is 0 Å². The van der Waals surface area contributed by atoms with Crippen LogP contribution in [-0.2, 0) is 14.8 Å². The van der Waals surface area contributed by atoms with Crippen molar-refractivity contribution in [2.24, 2.45) is 0 Å². The molecular formula is C17H14BrN3O3S3. The molecule has 1 amide bonds. The molecule has 0 saturated carbocycles. The van der Waals surface area contributed by atoms with Crippen LogP contribution in [0.1, 0.15) is 0 Å². The lowest BCUT2D eigenvalue weighted by molar-refractivity contribution is -0.113. The van der Waals surface area contributed by atoms with Gasteiger partial charge >= 0.3 is 0 Å². The number of amides is 1. The molecule has 0 radical (unpaired) electrons. The molecule has 0 unspecified atom stereocenters. The van der Waals surface area contributed by atoms with Crippen LogP contribution in [-0.4, -0.2) is 25.1 Å². The Morgan fingerprint density at radius 3 is 2.44 bits per heavy atom. The summed E-state index contributed by atoms with van der Waals surface area (Å²) in [5.41, 5.74) is 0.532. The predicted molar refractivity (Wildman–Crippen MR) is 113 cm³/mol. The Morgan fingerprint density at radius 1 is 1.11 bits per heavy atom. The van der Waals surface area contributed by atoms with Gasteiger partial charge in [0, 0.05) is 26.6 Å². The molecule has 3 rings (SSSR count). The van der Waals surface area contributed by atoms with Crippen molar-refractivity contribution in [1.82, 2.24) is 4.98 Å². The number of thioether (sulfide) groups is 1. The van der Waals surface area contributed by atoms with E-state index < -0.39 is 10.0 Å². The van der Waals surface area contributed by atoms with E-state index in [1.54, 1.807) is 17.5 Å². The summed E-state index contributed by atoms with van der Waals surface area (Å²) in [5.74, 6) is 0.0900. The monoisotopic (exact) mass is 483 g/mol. The second-order valence-electron chi connectivity index (χ2n) is 5.26. The molecule has 1 aromatic heterocycles. The number of hydrogen-bond acceptors (Lipinski definition) is 6. The number of rotatable bonds is 7. The summed E-state index contributed by atoms with van der Waals surface area (Å²) < 4.78 is 27.9. The molecule has 0 fully saturated rings. The van der Waals surface area contributed by atoms with Crippen LogP contribution >= 0.6 is 39.0 Å². The Morgan fingerprint density at radius 2 is 1.81 bits per heavy atom. The van der Waals surface area contributed by atoms with Gasteiger partial charge in [0.2, 0.25) is 5.91 Å². The zero-order valence-electron chi connectivity index (χ0n) is 13.8. The van der Waals surface area contributed by atoms with E-state index >= 15 is 0 Å². The summed E-state index contributed by atoms with van der Waals surface area (Å²) >= 11 is 5.99.